The summed E-state index contributed by atoms with van der Waals surface area (Å²) in [5.41, 5.74) is 0.683. The number of ether oxygens (including phenoxy) is 1. The Bertz CT molecular complexity index is 511. The van der Waals surface area contributed by atoms with E-state index in [9.17, 15) is 9.90 Å². The van der Waals surface area contributed by atoms with Crippen LogP contribution in [0.1, 0.15) is 37.8 Å². The number of methoxy groups -OCH3 is 1. The van der Waals surface area contributed by atoms with Crippen molar-refractivity contribution in [3.63, 3.8) is 0 Å². The fraction of sp³-hybridized carbons (Fsp3) is 0.625. The van der Waals surface area contributed by atoms with Crippen molar-refractivity contribution < 1.29 is 14.6 Å². The summed E-state index contributed by atoms with van der Waals surface area (Å²) in [5, 5.41) is 9.89. The molecular formula is C16H22N2O3. The molecule has 1 aliphatic heterocycles. The normalized spacial score (nSPS) is 23.7. The van der Waals surface area contributed by atoms with E-state index in [2.05, 4.69) is 4.98 Å². The lowest BCUT2D eigenvalue weighted by atomic mass is 9.69. The second-order valence-electron chi connectivity index (χ2n) is 6.14. The summed E-state index contributed by atoms with van der Waals surface area (Å²) in [5.74, 6) is 0.821. The maximum Gasteiger partial charge on any atom is 0.229 e. The van der Waals surface area contributed by atoms with Crippen LogP contribution in [0.5, 0.6) is 5.75 Å². The summed E-state index contributed by atoms with van der Waals surface area (Å²) < 4.78 is 5.08. The number of nitrogens with zero attached hydrogens (tertiary/aromatic N) is 2. The molecule has 0 aromatic carbocycles. The molecule has 1 aliphatic carbocycles. The highest BCUT2D eigenvalue weighted by Gasteiger charge is 2.48. The Balaban J connectivity index is 1.69. The van der Waals surface area contributed by atoms with E-state index in [1.165, 1.54) is 0 Å². The van der Waals surface area contributed by atoms with Gasteiger partial charge in [-0.15, -0.1) is 0 Å². The summed E-state index contributed by atoms with van der Waals surface area (Å²) in [7, 11) is 1.60. The van der Waals surface area contributed by atoms with E-state index in [0.29, 0.717) is 25.1 Å². The van der Waals surface area contributed by atoms with Gasteiger partial charge in [0.05, 0.1) is 25.8 Å². The van der Waals surface area contributed by atoms with E-state index in [4.69, 9.17) is 4.74 Å². The van der Waals surface area contributed by atoms with Crippen molar-refractivity contribution in [2.45, 2.75) is 50.2 Å². The van der Waals surface area contributed by atoms with E-state index in [1.54, 1.807) is 13.3 Å². The molecule has 21 heavy (non-hydrogen) atoms. The van der Waals surface area contributed by atoms with Crippen LogP contribution in [0.25, 0.3) is 0 Å². The lowest BCUT2D eigenvalue weighted by Gasteiger charge is -2.54. The second kappa shape index (κ2) is 5.64. The van der Waals surface area contributed by atoms with E-state index in [1.807, 2.05) is 17.0 Å². The van der Waals surface area contributed by atoms with Crippen molar-refractivity contribution in [3.05, 3.63) is 24.0 Å². The minimum atomic E-state index is -0.256. The Kier molecular flexibility index (Phi) is 3.85. The molecule has 2 fully saturated rings. The van der Waals surface area contributed by atoms with E-state index < -0.39 is 0 Å². The van der Waals surface area contributed by atoms with Crippen molar-refractivity contribution in [1.82, 2.24) is 9.88 Å². The number of hydrogen-bond acceptors (Lipinski definition) is 4. The zero-order chi connectivity index (χ0) is 14.9. The van der Waals surface area contributed by atoms with Crippen LogP contribution in [0, 0.1) is 0 Å². The Hall–Kier alpha value is -1.62. The summed E-state index contributed by atoms with van der Waals surface area (Å²) in [4.78, 5) is 18.9. The van der Waals surface area contributed by atoms with Gasteiger partial charge in [0.1, 0.15) is 5.75 Å². The van der Waals surface area contributed by atoms with Gasteiger partial charge < -0.3 is 14.7 Å². The van der Waals surface area contributed by atoms with Crippen LogP contribution in [0.3, 0.4) is 0 Å². The van der Waals surface area contributed by atoms with E-state index in [-0.39, 0.29) is 17.6 Å². The zero-order valence-electron chi connectivity index (χ0n) is 12.4. The number of likely N-dealkylation sites (tertiary alicyclic amines) is 1. The fourth-order valence-electron chi connectivity index (χ4n) is 3.50. The molecule has 5 nitrogen and oxygen atoms in total. The third-order valence-electron chi connectivity index (χ3n) is 4.83. The number of carbonyl (C=O) groups is 1. The molecule has 1 atom stereocenters. The van der Waals surface area contributed by atoms with Gasteiger partial charge in [-0.2, -0.15) is 0 Å². The third kappa shape index (κ3) is 2.75. The fourth-order valence-corrected chi connectivity index (χ4v) is 3.50. The predicted molar refractivity (Wildman–Crippen MR) is 78.0 cm³/mol. The van der Waals surface area contributed by atoms with Crippen LogP contribution in [0.2, 0.25) is 0 Å². The second-order valence-corrected chi connectivity index (χ2v) is 6.14. The molecule has 0 unspecified atom stereocenters. The molecule has 1 saturated heterocycles. The first-order valence-corrected chi connectivity index (χ1v) is 7.60. The molecule has 1 spiro atoms. The van der Waals surface area contributed by atoms with Crippen molar-refractivity contribution in [3.8, 4) is 5.75 Å². The van der Waals surface area contributed by atoms with E-state index >= 15 is 0 Å². The number of piperidine rings is 1. The molecule has 1 aromatic rings. The van der Waals surface area contributed by atoms with Gasteiger partial charge in [-0.1, -0.05) is 0 Å². The SMILES string of the molecule is COc1ccc(CC(=O)N2CC[C@H](O)CC23CCC3)nc1. The highest BCUT2D eigenvalue weighted by Crippen LogP contribution is 2.44. The quantitative estimate of drug-likeness (QED) is 0.917. The van der Waals surface area contributed by atoms with Crippen molar-refractivity contribution in [2.24, 2.45) is 0 Å². The number of pyridine rings is 1. The molecule has 5 heteroatoms. The van der Waals surface area contributed by atoms with Crippen LogP contribution >= 0.6 is 0 Å². The van der Waals surface area contributed by atoms with Crippen LogP contribution in [0.4, 0.5) is 0 Å². The first kappa shape index (κ1) is 14.3. The number of carbonyl (C=O) groups excluding carboxylic acids is 1. The largest absolute Gasteiger partial charge is 0.495 e. The summed E-state index contributed by atoms with van der Waals surface area (Å²) >= 11 is 0. The minimum absolute atomic E-state index is 0.0821. The van der Waals surface area contributed by atoms with Crippen LogP contribution < -0.4 is 4.74 Å². The van der Waals surface area contributed by atoms with Gasteiger partial charge >= 0.3 is 0 Å². The Morgan fingerprint density at radius 1 is 1.52 bits per heavy atom. The Morgan fingerprint density at radius 2 is 2.33 bits per heavy atom. The lowest BCUT2D eigenvalue weighted by molar-refractivity contribution is -0.148. The molecule has 1 saturated carbocycles. The van der Waals surface area contributed by atoms with Crippen LogP contribution in [0.15, 0.2) is 18.3 Å². The Labute approximate surface area is 124 Å². The van der Waals surface area contributed by atoms with E-state index in [0.717, 1.165) is 31.4 Å². The lowest BCUT2D eigenvalue weighted by Crippen LogP contribution is -2.61. The van der Waals surface area contributed by atoms with Crippen molar-refractivity contribution in [2.75, 3.05) is 13.7 Å². The predicted octanol–water partition coefficient (Wildman–Crippen LogP) is 1.54. The number of hydrogen-bond donors (Lipinski definition) is 1. The molecule has 0 bridgehead atoms. The monoisotopic (exact) mass is 290 g/mol. The van der Waals surface area contributed by atoms with Gasteiger partial charge in [0.2, 0.25) is 5.91 Å². The smallest absolute Gasteiger partial charge is 0.229 e. The number of aromatic nitrogens is 1. The van der Waals surface area contributed by atoms with Gasteiger partial charge in [-0.3, -0.25) is 9.78 Å². The maximum absolute atomic E-state index is 12.6. The van der Waals surface area contributed by atoms with Crippen molar-refractivity contribution in [1.29, 1.82) is 0 Å². The third-order valence-corrected chi connectivity index (χ3v) is 4.83. The summed E-state index contributed by atoms with van der Waals surface area (Å²) in [6, 6.07) is 3.66. The molecular weight excluding hydrogens is 268 g/mol. The molecule has 0 radical (unpaired) electrons. The Morgan fingerprint density at radius 3 is 2.90 bits per heavy atom. The molecule has 1 N–H and O–H groups in total. The molecule has 1 aromatic heterocycles. The van der Waals surface area contributed by atoms with Gasteiger partial charge in [-0.25, -0.2) is 0 Å². The summed E-state index contributed by atoms with van der Waals surface area (Å²) in [6.45, 7) is 0.663. The topological polar surface area (TPSA) is 62.7 Å². The maximum atomic E-state index is 12.6. The first-order valence-electron chi connectivity index (χ1n) is 7.60. The molecule has 114 valence electrons. The van der Waals surface area contributed by atoms with Gasteiger partial charge in [0.15, 0.2) is 0 Å². The number of aliphatic hydroxyl groups is 1. The number of amides is 1. The van der Waals surface area contributed by atoms with Gasteiger partial charge in [-0.05, 0) is 44.2 Å². The highest BCUT2D eigenvalue weighted by atomic mass is 16.5. The van der Waals surface area contributed by atoms with Crippen LogP contribution in [-0.2, 0) is 11.2 Å². The standard InChI is InChI=1S/C16H22N2O3/c1-21-14-4-3-12(17-11-14)9-15(20)18-8-5-13(19)10-16(18)6-2-7-16/h3-4,11,13,19H,2,5-10H2,1H3/t13-/m0/s1. The number of rotatable bonds is 3. The van der Waals surface area contributed by atoms with Gasteiger partial charge in [0, 0.05) is 17.8 Å². The molecule has 2 heterocycles. The molecule has 3 rings (SSSR count). The average Bonchev–Trinajstić information content (AvgIpc) is 2.46. The molecule has 2 aliphatic rings. The average molecular weight is 290 g/mol. The zero-order valence-corrected chi connectivity index (χ0v) is 12.4. The highest BCUT2D eigenvalue weighted by molar-refractivity contribution is 5.79. The van der Waals surface area contributed by atoms with Crippen molar-refractivity contribution >= 4 is 5.91 Å². The van der Waals surface area contributed by atoms with Crippen LogP contribution in [-0.4, -0.2) is 46.2 Å². The minimum Gasteiger partial charge on any atom is -0.495 e. The number of aliphatic hydroxyl groups excluding tert-OH is 1. The molecule has 1 amide bonds. The summed E-state index contributed by atoms with van der Waals surface area (Å²) in [6.07, 6.45) is 6.31. The first-order chi connectivity index (χ1) is 10.1. The van der Waals surface area contributed by atoms with Gasteiger partial charge in [0.25, 0.3) is 0 Å².